The van der Waals surface area contributed by atoms with Gasteiger partial charge in [-0.2, -0.15) is 9.57 Å². The van der Waals surface area contributed by atoms with Crippen LogP contribution in [0.3, 0.4) is 0 Å². The average Bonchev–Trinajstić information content (AvgIpc) is 3.24. The zero-order chi connectivity index (χ0) is 24.5. The third-order valence-corrected chi connectivity index (χ3v) is 8.47. The van der Waals surface area contributed by atoms with E-state index < -0.39 is 10.0 Å². The molecule has 2 heterocycles. The van der Waals surface area contributed by atoms with Crippen LogP contribution >= 0.6 is 34.7 Å². The summed E-state index contributed by atoms with van der Waals surface area (Å²) < 4.78 is 38.2. The van der Waals surface area contributed by atoms with Crippen molar-refractivity contribution in [3.63, 3.8) is 0 Å². The van der Waals surface area contributed by atoms with E-state index in [1.807, 2.05) is 13.0 Å². The Bertz CT molecular complexity index is 1370. The number of ether oxygens (including phenoxy) is 1. The number of aromatic nitrogens is 1. The first kappa shape index (κ1) is 24.4. The van der Waals surface area contributed by atoms with E-state index in [0.29, 0.717) is 14.9 Å². The van der Waals surface area contributed by atoms with Gasteiger partial charge in [0.15, 0.2) is 0 Å². The second-order valence-corrected chi connectivity index (χ2v) is 11.1. The molecule has 0 bridgehead atoms. The molecular weight excluding hydrogens is 519 g/mol. The molecule has 2 aromatic carbocycles. The summed E-state index contributed by atoms with van der Waals surface area (Å²) in [4.78, 5) is 14.8. The number of hydrogen-bond donors (Lipinski definition) is 0. The molecule has 1 saturated heterocycles. The summed E-state index contributed by atoms with van der Waals surface area (Å²) in [5.41, 5.74) is 0.964. The third kappa shape index (κ3) is 5.04. The molecular formula is C22H18Cl2N4O4S2. The van der Waals surface area contributed by atoms with Gasteiger partial charge in [-0.15, -0.1) is 0 Å². The predicted octanol–water partition coefficient (Wildman–Crippen LogP) is 4.57. The van der Waals surface area contributed by atoms with Gasteiger partial charge in [0.05, 0.1) is 11.6 Å². The van der Waals surface area contributed by atoms with Crippen molar-refractivity contribution in [3.05, 3.63) is 68.6 Å². The van der Waals surface area contributed by atoms with Crippen molar-refractivity contribution in [2.75, 3.05) is 26.2 Å². The van der Waals surface area contributed by atoms with Crippen LogP contribution in [0.15, 0.2) is 47.5 Å². The van der Waals surface area contributed by atoms with Crippen molar-refractivity contribution in [1.82, 2.24) is 13.6 Å². The Hall–Kier alpha value is -2.68. The molecule has 0 N–H and O–H groups in total. The minimum atomic E-state index is -4.03. The van der Waals surface area contributed by atoms with E-state index in [0.717, 1.165) is 17.1 Å². The number of nitriles is 1. The highest BCUT2D eigenvalue weighted by molar-refractivity contribution is 7.89. The van der Waals surface area contributed by atoms with E-state index >= 15 is 0 Å². The Balaban J connectivity index is 1.59. The summed E-state index contributed by atoms with van der Waals surface area (Å²) in [6, 6.07) is 10.7. The normalized spacial score (nSPS) is 14.6. The van der Waals surface area contributed by atoms with Crippen LogP contribution in [0.4, 0.5) is 0 Å². The fraction of sp³-hybridized carbons (Fsp3) is 0.227. The Morgan fingerprint density at radius 3 is 2.38 bits per heavy atom. The number of amides is 1. The van der Waals surface area contributed by atoms with Gasteiger partial charge in [-0.1, -0.05) is 23.2 Å². The zero-order valence-corrected chi connectivity index (χ0v) is 21.0. The summed E-state index contributed by atoms with van der Waals surface area (Å²) in [5.74, 6) is 0.135. The molecule has 0 aliphatic carbocycles. The number of hydrogen-bond acceptors (Lipinski definition) is 7. The first-order valence-corrected chi connectivity index (χ1v) is 13.0. The number of halogens is 2. The van der Waals surface area contributed by atoms with Gasteiger partial charge in [-0.25, -0.2) is 12.8 Å². The fourth-order valence-electron chi connectivity index (χ4n) is 3.49. The van der Waals surface area contributed by atoms with E-state index in [1.54, 1.807) is 11.1 Å². The molecule has 0 unspecified atom stereocenters. The zero-order valence-electron chi connectivity index (χ0n) is 17.9. The van der Waals surface area contributed by atoms with Gasteiger partial charge in [0.1, 0.15) is 21.3 Å². The highest BCUT2D eigenvalue weighted by atomic mass is 35.5. The number of nitrogens with zero attached hydrogens (tertiary/aromatic N) is 4. The predicted molar refractivity (Wildman–Crippen MR) is 129 cm³/mol. The maximum Gasteiger partial charge on any atom is 0.265 e. The Morgan fingerprint density at radius 2 is 1.79 bits per heavy atom. The standard InChI is InChI=1S/C22H18Cl2N4O4S2/c1-14-13-26-33-21(14)22(29)27-4-6-28(7-5-27)34(30,31)20-8-15(12-25)2-3-19(20)32-18-10-16(23)9-17(24)11-18/h2-3,8-11,13H,4-7H2,1H3. The summed E-state index contributed by atoms with van der Waals surface area (Å²) >= 11 is 13.2. The lowest BCUT2D eigenvalue weighted by atomic mass is 10.2. The van der Waals surface area contributed by atoms with E-state index in [1.165, 1.54) is 40.7 Å². The van der Waals surface area contributed by atoms with E-state index in [2.05, 4.69) is 4.37 Å². The largest absolute Gasteiger partial charge is 0.456 e. The third-order valence-electron chi connectivity index (χ3n) is 5.22. The van der Waals surface area contributed by atoms with Crippen molar-refractivity contribution in [2.24, 2.45) is 0 Å². The van der Waals surface area contributed by atoms with Crippen LogP contribution in [0, 0.1) is 18.3 Å². The minimum absolute atomic E-state index is 0.0381. The quantitative estimate of drug-likeness (QED) is 0.473. The number of carbonyl (C=O) groups is 1. The second kappa shape index (κ2) is 9.90. The number of rotatable bonds is 5. The van der Waals surface area contributed by atoms with Gasteiger partial charge in [0.2, 0.25) is 10.0 Å². The maximum absolute atomic E-state index is 13.5. The van der Waals surface area contributed by atoms with Crippen LogP contribution in [0.2, 0.25) is 10.0 Å². The molecule has 1 aromatic heterocycles. The van der Waals surface area contributed by atoms with Crippen LogP contribution in [-0.2, 0) is 10.0 Å². The van der Waals surface area contributed by atoms with Gasteiger partial charge in [-0.05, 0) is 60.4 Å². The Morgan fingerprint density at radius 1 is 1.12 bits per heavy atom. The smallest absolute Gasteiger partial charge is 0.265 e. The van der Waals surface area contributed by atoms with Crippen LogP contribution in [-0.4, -0.2) is 54.1 Å². The minimum Gasteiger partial charge on any atom is -0.456 e. The molecule has 4 rings (SSSR count). The SMILES string of the molecule is Cc1cnsc1C(=O)N1CCN(S(=O)(=O)c2cc(C#N)ccc2Oc2cc(Cl)cc(Cl)c2)CC1. The first-order valence-electron chi connectivity index (χ1n) is 10.1. The van der Waals surface area contributed by atoms with Crippen LogP contribution in [0.5, 0.6) is 11.5 Å². The number of benzene rings is 2. The van der Waals surface area contributed by atoms with Crippen molar-refractivity contribution in [1.29, 1.82) is 5.26 Å². The Kier molecular flexibility index (Phi) is 7.12. The number of aryl methyl sites for hydroxylation is 1. The van der Waals surface area contributed by atoms with Crippen molar-refractivity contribution in [2.45, 2.75) is 11.8 Å². The summed E-state index contributed by atoms with van der Waals surface area (Å²) in [5, 5.41) is 9.98. The summed E-state index contributed by atoms with van der Waals surface area (Å²) in [6.45, 7) is 2.48. The molecule has 1 aliphatic rings. The van der Waals surface area contributed by atoms with Crippen LogP contribution in [0.1, 0.15) is 20.8 Å². The molecule has 1 amide bonds. The van der Waals surface area contributed by atoms with Gasteiger partial charge in [0, 0.05) is 42.4 Å². The molecule has 12 heteroatoms. The van der Waals surface area contributed by atoms with Crippen molar-refractivity contribution in [3.8, 4) is 17.6 Å². The van der Waals surface area contributed by atoms with Crippen molar-refractivity contribution >= 4 is 50.7 Å². The second-order valence-electron chi connectivity index (χ2n) is 7.51. The number of sulfonamides is 1. The number of carbonyl (C=O) groups excluding carboxylic acids is 1. The lowest BCUT2D eigenvalue weighted by Crippen LogP contribution is -2.50. The van der Waals surface area contributed by atoms with Gasteiger partial charge < -0.3 is 9.64 Å². The highest BCUT2D eigenvalue weighted by Gasteiger charge is 2.33. The summed E-state index contributed by atoms with van der Waals surface area (Å²) in [6.07, 6.45) is 1.63. The molecule has 0 spiro atoms. The van der Waals surface area contributed by atoms with E-state index in [4.69, 9.17) is 27.9 Å². The van der Waals surface area contributed by atoms with E-state index in [9.17, 15) is 18.5 Å². The molecule has 1 aliphatic heterocycles. The molecule has 8 nitrogen and oxygen atoms in total. The molecule has 34 heavy (non-hydrogen) atoms. The molecule has 3 aromatic rings. The molecule has 0 atom stereocenters. The number of piperazine rings is 1. The van der Waals surface area contributed by atoms with Crippen molar-refractivity contribution < 1.29 is 17.9 Å². The average molecular weight is 537 g/mol. The maximum atomic E-state index is 13.5. The Labute approximate surface area is 211 Å². The molecule has 0 radical (unpaired) electrons. The summed E-state index contributed by atoms with van der Waals surface area (Å²) in [7, 11) is -4.03. The molecule has 0 saturated carbocycles. The van der Waals surface area contributed by atoms with Gasteiger partial charge in [0.25, 0.3) is 5.91 Å². The topological polar surface area (TPSA) is 104 Å². The lowest BCUT2D eigenvalue weighted by Gasteiger charge is -2.34. The molecule has 1 fully saturated rings. The first-order chi connectivity index (χ1) is 16.2. The van der Waals surface area contributed by atoms with E-state index in [-0.39, 0.29) is 54.0 Å². The lowest BCUT2D eigenvalue weighted by molar-refractivity contribution is 0.0702. The van der Waals surface area contributed by atoms with Crippen LogP contribution in [0.25, 0.3) is 0 Å². The monoisotopic (exact) mass is 536 g/mol. The van der Waals surface area contributed by atoms with Gasteiger partial charge in [-0.3, -0.25) is 4.79 Å². The van der Waals surface area contributed by atoms with Crippen LogP contribution < -0.4 is 4.74 Å². The highest BCUT2D eigenvalue weighted by Crippen LogP contribution is 2.34. The molecule has 176 valence electrons. The van der Waals surface area contributed by atoms with Gasteiger partial charge >= 0.3 is 0 Å². The fourth-order valence-corrected chi connectivity index (χ4v) is 6.28.